The van der Waals surface area contributed by atoms with Crippen molar-refractivity contribution in [1.82, 2.24) is 0 Å². The number of Topliss-reactive ketones (excluding diaryl/α,β-unsaturated/α-hetero) is 1. The van der Waals surface area contributed by atoms with Crippen LogP contribution in [0.5, 0.6) is 5.75 Å². The molecule has 0 aliphatic carbocycles. The summed E-state index contributed by atoms with van der Waals surface area (Å²) in [7, 11) is 3.44. The Morgan fingerprint density at radius 2 is 1.90 bits per heavy atom. The van der Waals surface area contributed by atoms with Gasteiger partial charge in [0, 0.05) is 18.3 Å². The third-order valence-electron chi connectivity index (χ3n) is 3.13. The second-order valence-corrected chi connectivity index (χ2v) is 4.57. The van der Waals surface area contributed by atoms with Gasteiger partial charge in [0.2, 0.25) is 0 Å². The molecule has 0 unspecified atom stereocenters. The molecule has 2 aromatic carbocycles. The van der Waals surface area contributed by atoms with E-state index in [1.54, 1.807) is 25.3 Å². The molecule has 2 aromatic rings. The van der Waals surface area contributed by atoms with E-state index in [2.05, 4.69) is 0 Å². The first-order valence-corrected chi connectivity index (χ1v) is 6.34. The number of nitrogen functional groups attached to an aromatic ring is 1. The van der Waals surface area contributed by atoms with Crippen molar-refractivity contribution in [1.29, 1.82) is 0 Å². The molecule has 0 aromatic heterocycles. The molecule has 0 aliphatic heterocycles. The first kappa shape index (κ1) is 13.9. The molecule has 0 radical (unpaired) electrons. The van der Waals surface area contributed by atoms with Crippen molar-refractivity contribution in [3.05, 3.63) is 54.1 Å². The molecule has 20 heavy (non-hydrogen) atoms. The van der Waals surface area contributed by atoms with Crippen LogP contribution in [0.4, 0.5) is 11.4 Å². The summed E-state index contributed by atoms with van der Waals surface area (Å²) in [6, 6.07) is 14.9. The lowest BCUT2D eigenvalue weighted by atomic mass is 10.1. The largest absolute Gasteiger partial charge is 0.495 e. The highest BCUT2D eigenvalue weighted by Crippen LogP contribution is 2.22. The maximum atomic E-state index is 12.2. The van der Waals surface area contributed by atoms with E-state index in [9.17, 15) is 4.79 Å². The smallest absolute Gasteiger partial charge is 0.182 e. The van der Waals surface area contributed by atoms with Gasteiger partial charge in [-0.25, -0.2) is 0 Å². The summed E-state index contributed by atoms with van der Waals surface area (Å²) in [5.74, 6) is 0.601. The van der Waals surface area contributed by atoms with E-state index in [4.69, 9.17) is 10.5 Å². The first-order chi connectivity index (χ1) is 9.61. The van der Waals surface area contributed by atoms with Crippen LogP contribution in [-0.4, -0.2) is 26.5 Å². The third-order valence-corrected chi connectivity index (χ3v) is 3.13. The van der Waals surface area contributed by atoms with Crippen LogP contribution in [0.15, 0.2) is 48.5 Å². The summed E-state index contributed by atoms with van der Waals surface area (Å²) in [6.45, 7) is 0.301. The number of ketones is 1. The Bertz CT molecular complexity index is 597. The van der Waals surface area contributed by atoms with Crippen molar-refractivity contribution in [3.63, 3.8) is 0 Å². The number of methoxy groups -OCH3 is 1. The molecule has 4 heteroatoms. The van der Waals surface area contributed by atoms with Crippen molar-refractivity contribution in [2.45, 2.75) is 0 Å². The minimum atomic E-state index is 0.0192. The van der Waals surface area contributed by atoms with Crippen molar-refractivity contribution >= 4 is 17.2 Å². The highest BCUT2D eigenvalue weighted by molar-refractivity contribution is 6.00. The van der Waals surface area contributed by atoms with E-state index >= 15 is 0 Å². The molecule has 0 atom stereocenters. The average molecular weight is 270 g/mol. The third kappa shape index (κ3) is 3.09. The highest BCUT2D eigenvalue weighted by atomic mass is 16.5. The fourth-order valence-electron chi connectivity index (χ4n) is 1.99. The summed E-state index contributed by atoms with van der Waals surface area (Å²) >= 11 is 0. The molecule has 104 valence electrons. The lowest BCUT2D eigenvalue weighted by Gasteiger charge is -2.18. The number of anilines is 2. The predicted molar refractivity (Wildman–Crippen MR) is 81.4 cm³/mol. The SMILES string of the molecule is COc1ccc(C(=O)CN(C)c2ccccc2)cc1N. The maximum absolute atomic E-state index is 12.2. The molecule has 0 bridgehead atoms. The van der Waals surface area contributed by atoms with Gasteiger partial charge in [-0.3, -0.25) is 4.79 Å². The molecule has 0 heterocycles. The van der Waals surface area contributed by atoms with Crippen LogP contribution in [-0.2, 0) is 0 Å². The number of nitrogens with zero attached hydrogens (tertiary/aromatic N) is 1. The van der Waals surface area contributed by atoms with Gasteiger partial charge in [0.1, 0.15) is 5.75 Å². The normalized spacial score (nSPS) is 10.1. The number of carbonyl (C=O) groups is 1. The second kappa shape index (κ2) is 6.10. The zero-order valence-electron chi connectivity index (χ0n) is 11.7. The Kier molecular flexibility index (Phi) is 4.25. The van der Waals surface area contributed by atoms with Gasteiger partial charge in [0.15, 0.2) is 5.78 Å². The number of nitrogens with two attached hydrogens (primary N) is 1. The number of rotatable bonds is 5. The zero-order chi connectivity index (χ0) is 14.5. The van der Waals surface area contributed by atoms with Crippen LogP contribution in [0, 0.1) is 0 Å². The van der Waals surface area contributed by atoms with E-state index in [0.29, 0.717) is 23.5 Å². The molecule has 4 nitrogen and oxygen atoms in total. The maximum Gasteiger partial charge on any atom is 0.182 e. The number of hydrogen-bond donors (Lipinski definition) is 1. The lowest BCUT2D eigenvalue weighted by Crippen LogP contribution is -2.25. The lowest BCUT2D eigenvalue weighted by molar-refractivity contribution is 0.100. The second-order valence-electron chi connectivity index (χ2n) is 4.57. The van der Waals surface area contributed by atoms with E-state index in [1.165, 1.54) is 0 Å². The summed E-state index contributed by atoms with van der Waals surface area (Å²) in [5.41, 5.74) is 7.88. The fourth-order valence-corrected chi connectivity index (χ4v) is 1.99. The van der Waals surface area contributed by atoms with E-state index in [1.807, 2.05) is 42.3 Å². The zero-order valence-corrected chi connectivity index (χ0v) is 11.7. The molecule has 2 rings (SSSR count). The predicted octanol–water partition coefficient (Wildman–Crippen LogP) is 2.60. The molecule has 0 saturated heterocycles. The van der Waals surface area contributed by atoms with E-state index in [-0.39, 0.29) is 5.78 Å². The summed E-state index contributed by atoms with van der Waals surface area (Å²) < 4.78 is 5.08. The highest BCUT2D eigenvalue weighted by Gasteiger charge is 2.11. The molecule has 0 aliphatic rings. The molecule has 0 saturated carbocycles. The molecule has 0 spiro atoms. The van der Waals surface area contributed by atoms with Crippen molar-refractivity contribution in [3.8, 4) is 5.75 Å². The number of ether oxygens (including phenoxy) is 1. The van der Waals surface area contributed by atoms with Gasteiger partial charge in [-0.05, 0) is 30.3 Å². The van der Waals surface area contributed by atoms with Crippen LogP contribution >= 0.6 is 0 Å². The van der Waals surface area contributed by atoms with Crippen LogP contribution in [0.25, 0.3) is 0 Å². The van der Waals surface area contributed by atoms with Crippen molar-refractivity contribution in [2.75, 3.05) is 31.3 Å². The summed E-state index contributed by atoms with van der Waals surface area (Å²) in [4.78, 5) is 14.1. The van der Waals surface area contributed by atoms with Gasteiger partial charge in [0.05, 0.1) is 19.3 Å². The van der Waals surface area contributed by atoms with Crippen LogP contribution in [0.1, 0.15) is 10.4 Å². The Balaban J connectivity index is 2.10. The Morgan fingerprint density at radius 3 is 2.50 bits per heavy atom. The Morgan fingerprint density at radius 1 is 1.20 bits per heavy atom. The standard InChI is InChI=1S/C16H18N2O2/c1-18(13-6-4-3-5-7-13)11-15(19)12-8-9-16(20-2)14(17)10-12/h3-10H,11,17H2,1-2H3. The van der Waals surface area contributed by atoms with E-state index < -0.39 is 0 Å². The van der Waals surface area contributed by atoms with Gasteiger partial charge < -0.3 is 15.4 Å². The van der Waals surface area contributed by atoms with Gasteiger partial charge in [-0.1, -0.05) is 18.2 Å². The summed E-state index contributed by atoms with van der Waals surface area (Å²) in [5, 5.41) is 0. The van der Waals surface area contributed by atoms with Gasteiger partial charge >= 0.3 is 0 Å². The molecule has 0 fully saturated rings. The first-order valence-electron chi connectivity index (χ1n) is 6.34. The van der Waals surface area contributed by atoms with Gasteiger partial charge in [-0.15, -0.1) is 0 Å². The topological polar surface area (TPSA) is 55.6 Å². The number of para-hydroxylation sites is 1. The van der Waals surface area contributed by atoms with Crippen molar-refractivity contribution in [2.24, 2.45) is 0 Å². The quantitative estimate of drug-likeness (QED) is 0.670. The van der Waals surface area contributed by atoms with Gasteiger partial charge in [0.25, 0.3) is 0 Å². The van der Waals surface area contributed by atoms with E-state index in [0.717, 1.165) is 5.69 Å². The average Bonchev–Trinajstić information content (AvgIpc) is 2.48. The monoisotopic (exact) mass is 270 g/mol. The number of likely N-dealkylation sites (N-methyl/N-ethyl adjacent to an activating group) is 1. The number of benzene rings is 2. The Labute approximate surface area is 118 Å². The fraction of sp³-hybridized carbons (Fsp3) is 0.188. The Hall–Kier alpha value is -2.49. The number of carbonyl (C=O) groups excluding carboxylic acids is 1. The van der Waals surface area contributed by atoms with Crippen LogP contribution in [0.2, 0.25) is 0 Å². The minimum absolute atomic E-state index is 0.0192. The summed E-state index contributed by atoms with van der Waals surface area (Å²) in [6.07, 6.45) is 0. The number of hydrogen-bond acceptors (Lipinski definition) is 4. The molecule has 0 amide bonds. The van der Waals surface area contributed by atoms with Crippen LogP contribution in [0.3, 0.4) is 0 Å². The van der Waals surface area contributed by atoms with Gasteiger partial charge in [-0.2, -0.15) is 0 Å². The van der Waals surface area contributed by atoms with Crippen LogP contribution < -0.4 is 15.4 Å². The molecular formula is C16H18N2O2. The van der Waals surface area contributed by atoms with Crippen molar-refractivity contribution < 1.29 is 9.53 Å². The molecular weight excluding hydrogens is 252 g/mol. The minimum Gasteiger partial charge on any atom is -0.495 e. The molecule has 2 N–H and O–H groups in total.